The van der Waals surface area contributed by atoms with Gasteiger partial charge in [-0.2, -0.15) is 0 Å². The van der Waals surface area contributed by atoms with Gasteiger partial charge in [-0.25, -0.2) is 4.39 Å². The van der Waals surface area contributed by atoms with Crippen LogP contribution < -0.4 is 0 Å². The molecule has 0 fully saturated rings. The summed E-state index contributed by atoms with van der Waals surface area (Å²) in [5.41, 5.74) is 2.03. The van der Waals surface area contributed by atoms with Crippen LogP contribution in [0.25, 0.3) is 22.2 Å². The second-order valence-corrected chi connectivity index (χ2v) is 5.16. The third-order valence-electron chi connectivity index (χ3n) is 3.28. The normalized spacial score (nSPS) is 11.0. The van der Waals surface area contributed by atoms with Gasteiger partial charge >= 0.3 is 5.97 Å². The summed E-state index contributed by atoms with van der Waals surface area (Å²) in [6.45, 7) is -0.197. The first-order valence-electron chi connectivity index (χ1n) is 6.31. The Kier molecular flexibility index (Phi) is 3.39. The third kappa shape index (κ3) is 2.62. The van der Waals surface area contributed by atoms with E-state index < -0.39 is 5.97 Å². The van der Waals surface area contributed by atoms with Gasteiger partial charge in [0.1, 0.15) is 12.4 Å². The average Bonchev–Trinajstić information content (AvgIpc) is 2.76. The van der Waals surface area contributed by atoms with Crippen LogP contribution in [0.2, 0.25) is 5.02 Å². The maximum Gasteiger partial charge on any atom is 0.323 e. The number of carboxylic acid groups (broad SMARTS) is 1. The van der Waals surface area contributed by atoms with Crippen LogP contribution in [-0.4, -0.2) is 15.6 Å². The number of aliphatic carboxylic acids is 1. The molecule has 1 heterocycles. The average molecular weight is 304 g/mol. The molecule has 0 unspecified atom stereocenters. The molecule has 3 rings (SSSR count). The monoisotopic (exact) mass is 303 g/mol. The van der Waals surface area contributed by atoms with Crippen LogP contribution in [0, 0.1) is 5.82 Å². The van der Waals surface area contributed by atoms with E-state index in [0.29, 0.717) is 16.3 Å². The van der Waals surface area contributed by atoms with Crippen LogP contribution in [0.3, 0.4) is 0 Å². The van der Waals surface area contributed by atoms with Crippen LogP contribution in [0.1, 0.15) is 0 Å². The van der Waals surface area contributed by atoms with Gasteiger partial charge in [-0.05, 0) is 36.4 Å². The fourth-order valence-electron chi connectivity index (χ4n) is 2.43. The Hall–Kier alpha value is -2.33. The molecule has 5 heteroatoms. The molecule has 0 saturated heterocycles. The Morgan fingerprint density at radius 3 is 2.71 bits per heavy atom. The number of hydrogen-bond donors (Lipinski definition) is 1. The Bertz CT molecular complexity index is 841. The topological polar surface area (TPSA) is 42.2 Å². The quantitative estimate of drug-likeness (QED) is 0.788. The van der Waals surface area contributed by atoms with E-state index in [9.17, 15) is 9.18 Å². The standard InChI is InChI=1S/C16H11ClFNO2/c17-12-4-5-14-11(6-12)8-15(19(14)9-16(20)21)10-2-1-3-13(18)7-10/h1-8H,9H2,(H,20,21). The molecule has 0 bridgehead atoms. The fourth-order valence-corrected chi connectivity index (χ4v) is 2.61. The van der Waals surface area contributed by atoms with Gasteiger partial charge in [0, 0.05) is 27.2 Å². The summed E-state index contributed by atoms with van der Waals surface area (Å²) in [7, 11) is 0. The van der Waals surface area contributed by atoms with E-state index in [4.69, 9.17) is 16.7 Å². The van der Waals surface area contributed by atoms with Crippen molar-refractivity contribution in [3.05, 3.63) is 59.4 Å². The highest BCUT2D eigenvalue weighted by molar-refractivity contribution is 6.31. The number of rotatable bonds is 3. The molecule has 21 heavy (non-hydrogen) atoms. The van der Waals surface area contributed by atoms with E-state index in [0.717, 1.165) is 10.9 Å². The van der Waals surface area contributed by atoms with Crippen LogP contribution in [0.4, 0.5) is 4.39 Å². The molecule has 1 aromatic heterocycles. The smallest absolute Gasteiger partial charge is 0.323 e. The van der Waals surface area contributed by atoms with E-state index in [1.807, 2.05) is 6.07 Å². The summed E-state index contributed by atoms with van der Waals surface area (Å²) in [5.74, 6) is -1.32. The van der Waals surface area contributed by atoms with E-state index in [-0.39, 0.29) is 12.4 Å². The largest absolute Gasteiger partial charge is 0.480 e. The summed E-state index contributed by atoms with van der Waals surface area (Å²) in [5, 5.41) is 10.5. The first-order valence-corrected chi connectivity index (χ1v) is 6.69. The summed E-state index contributed by atoms with van der Waals surface area (Å²) in [4.78, 5) is 11.1. The first-order chi connectivity index (χ1) is 10.0. The van der Waals surface area contributed by atoms with Gasteiger partial charge in [-0.3, -0.25) is 4.79 Å². The molecular weight excluding hydrogens is 293 g/mol. The highest BCUT2D eigenvalue weighted by Crippen LogP contribution is 2.30. The summed E-state index contributed by atoms with van der Waals surface area (Å²) in [6.07, 6.45) is 0. The molecular formula is C16H11ClFNO2. The van der Waals surface area contributed by atoms with Crippen molar-refractivity contribution in [2.45, 2.75) is 6.54 Å². The van der Waals surface area contributed by atoms with Crippen LogP contribution in [0.5, 0.6) is 0 Å². The zero-order valence-corrected chi connectivity index (χ0v) is 11.6. The van der Waals surface area contributed by atoms with Gasteiger partial charge in [0.05, 0.1) is 0 Å². The van der Waals surface area contributed by atoms with Gasteiger partial charge in [0.15, 0.2) is 0 Å². The number of hydrogen-bond acceptors (Lipinski definition) is 1. The van der Waals surface area contributed by atoms with Crippen LogP contribution in [0.15, 0.2) is 48.5 Å². The van der Waals surface area contributed by atoms with Crippen molar-refractivity contribution < 1.29 is 14.3 Å². The maximum absolute atomic E-state index is 13.4. The number of aromatic nitrogens is 1. The van der Waals surface area contributed by atoms with Gasteiger partial charge in [-0.15, -0.1) is 0 Å². The second kappa shape index (κ2) is 5.22. The molecule has 3 nitrogen and oxygen atoms in total. The summed E-state index contributed by atoms with van der Waals surface area (Å²) in [6, 6.07) is 13.1. The molecule has 0 aliphatic heterocycles. The summed E-state index contributed by atoms with van der Waals surface area (Å²) < 4.78 is 15.1. The maximum atomic E-state index is 13.4. The number of nitrogens with zero attached hydrogens (tertiary/aromatic N) is 1. The van der Waals surface area contributed by atoms with Crippen LogP contribution >= 0.6 is 11.6 Å². The third-order valence-corrected chi connectivity index (χ3v) is 3.51. The van der Waals surface area contributed by atoms with Gasteiger partial charge in [-0.1, -0.05) is 23.7 Å². The number of halogens is 2. The zero-order chi connectivity index (χ0) is 15.0. The minimum Gasteiger partial charge on any atom is -0.480 e. The lowest BCUT2D eigenvalue weighted by atomic mass is 10.1. The summed E-state index contributed by atoms with van der Waals surface area (Å²) >= 11 is 5.97. The Labute approximate surface area is 125 Å². The van der Waals surface area contributed by atoms with Crippen molar-refractivity contribution in [1.29, 1.82) is 0 Å². The van der Waals surface area contributed by atoms with Gasteiger partial charge in [0.25, 0.3) is 0 Å². The second-order valence-electron chi connectivity index (χ2n) is 4.72. The van der Waals surface area contributed by atoms with E-state index in [1.165, 1.54) is 12.1 Å². The molecule has 0 amide bonds. The SMILES string of the molecule is O=C(O)Cn1c(-c2cccc(F)c2)cc2cc(Cl)ccc21. The minimum atomic E-state index is -0.958. The molecule has 0 saturated carbocycles. The molecule has 0 radical (unpaired) electrons. The van der Waals surface area contributed by atoms with E-state index in [2.05, 4.69) is 0 Å². The molecule has 106 valence electrons. The minimum absolute atomic E-state index is 0.197. The van der Waals surface area contributed by atoms with Crippen molar-refractivity contribution in [3.8, 4) is 11.3 Å². The zero-order valence-electron chi connectivity index (χ0n) is 10.9. The number of benzene rings is 2. The van der Waals surface area contributed by atoms with Crippen molar-refractivity contribution >= 4 is 28.5 Å². The number of carbonyl (C=O) groups is 1. The fraction of sp³-hybridized carbons (Fsp3) is 0.0625. The highest BCUT2D eigenvalue weighted by Gasteiger charge is 2.13. The number of carboxylic acids is 1. The van der Waals surface area contributed by atoms with Crippen molar-refractivity contribution in [2.75, 3.05) is 0 Å². The predicted octanol–water partition coefficient (Wildman–Crippen LogP) is 4.19. The lowest BCUT2D eigenvalue weighted by molar-refractivity contribution is -0.137. The predicted molar refractivity (Wildman–Crippen MR) is 80.0 cm³/mol. The Balaban J connectivity index is 2.27. The van der Waals surface area contributed by atoms with Crippen molar-refractivity contribution in [2.24, 2.45) is 0 Å². The van der Waals surface area contributed by atoms with Crippen LogP contribution in [-0.2, 0) is 11.3 Å². The van der Waals surface area contributed by atoms with Crippen molar-refractivity contribution in [1.82, 2.24) is 4.57 Å². The molecule has 2 aromatic carbocycles. The lowest BCUT2D eigenvalue weighted by Crippen LogP contribution is -2.09. The Morgan fingerprint density at radius 1 is 1.19 bits per heavy atom. The first kappa shape index (κ1) is 13.6. The molecule has 0 aliphatic rings. The molecule has 0 spiro atoms. The Morgan fingerprint density at radius 2 is 2.00 bits per heavy atom. The molecule has 1 N–H and O–H groups in total. The highest BCUT2D eigenvalue weighted by atomic mass is 35.5. The molecule has 0 atom stereocenters. The van der Waals surface area contributed by atoms with Crippen molar-refractivity contribution in [3.63, 3.8) is 0 Å². The lowest BCUT2D eigenvalue weighted by Gasteiger charge is -2.08. The van der Waals surface area contributed by atoms with E-state index >= 15 is 0 Å². The van der Waals surface area contributed by atoms with Gasteiger partial charge < -0.3 is 9.67 Å². The molecule has 3 aromatic rings. The van der Waals surface area contributed by atoms with Gasteiger partial charge in [0.2, 0.25) is 0 Å². The van der Waals surface area contributed by atoms with E-state index in [1.54, 1.807) is 34.9 Å². The molecule has 0 aliphatic carbocycles. The number of fused-ring (bicyclic) bond motifs is 1.